The van der Waals surface area contributed by atoms with Gasteiger partial charge in [0.15, 0.2) is 0 Å². The summed E-state index contributed by atoms with van der Waals surface area (Å²) >= 11 is 1.37. The number of nitrogens with two attached hydrogens (primary N) is 1. The number of halogens is 3. The van der Waals surface area contributed by atoms with Gasteiger partial charge >= 0.3 is 12.1 Å². The van der Waals surface area contributed by atoms with Crippen LogP contribution in [0.15, 0.2) is 24.3 Å². The van der Waals surface area contributed by atoms with Gasteiger partial charge in [-0.25, -0.2) is 9.97 Å². The normalized spacial score (nSPS) is 22.3. The first-order valence-corrected chi connectivity index (χ1v) is 13.3. The number of anilines is 2. The molecule has 2 aromatic heterocycles. The molecule has 1 aliphatic rings. The monoisotopic (exact) mass is 568 g/mol. The van der Waals surface area contributed by atoms with Gasteiger partial charge in [-0.1, -0.05) is 26.0 Å². The van der Waals surface area contributed by atoms with Crippen molar-refractivity contribution in [3.05, 3.63) is 30.0 Å². The number of aryl methyl sites for hydroxylation is 1. The van der Waals surface area contributed by atoms with Crippen molar-refractivity contribution >= 4 is 39.3 Å². The summed E-state index contributed by atoms with van der Waals surface area (Å²) in [5, 5.41) is 27.2. The maximum atomic E-state index is 12.8. The first kappa shape index (κ1) is 28.9. The zero-order valence-corrected chi connectivity index (χ0v) is 22.4. The van der Waals surface area contributed by atoms with Gasteiger partial charge in [0.25, 0.3) is 0 Å². The molecule has 1 aromatic carbocycles. The number of thiazole rings is 1. The van der Waals surface area contributed by atoms with Crippen molar-refractivity contribution in [3.63, 3.8) is 0 Å². The summed E-state index contributed by atoms with van der Waals surface area (Å²) < 4.78 is 44.7. The van der Waals surface area contributed by atoms with Gasteiger partial charge in [-0.05, 0) is 31.4 Å². The minimum Gasteiger partial charge on any atom is -0.464 e. The van der Waals surface area contributed by atoms with Crippen molar-refractivity contribution in [2.24, 2.45) is 17.6 Å². The van der Waals surface area contributed by atoms with E-state index in [0.717, 1.165) is 10.2 Å². The number of para-hydroxylation sites is 1. The Hall–Kier alpha value is -3.07. The number of nitrogens with one attached hydrogen (secondary N) is 2. The number of aliphatic hydroxyl groups is 2. The molecule has 10 nitrogen and oxygen atoms in total. The number of rotatable bonds is 9. The summed E-state index contributed by atoms with van der Waals surface area (Å²) in [5.74, 6) is -1.43. The second-order valence-corrected chi connectivity index (χ2v) is 11.0. The van der Waals surface area contributed by atoms with Gasteiger partial charge in [-0.2, -0.15) is 18.2 Å². The molecule has 0 aliphatic heterocycles. The number of alkyl halides is 3. The number of carbonyl (C=O) groups is 1. The molecule has 0 bridgehead atoms. The van der Waals surface area contributed by atoms with E-state index in [2.05, 4.69) is 25.6 Å². The highest BCUT2D eigenvalue weighted by molar-refractivity contribution is 7.21. The van der Waals surface area contributed by atoms with Crippen molar-refractivity contribution in [3.8, 4) is 10.6 Å². The molecule has 212 valence electrons. The van der Waals surface area contributed by atoms with Crippen LogP contribution in [0.1, 0.15) is 26.0 Å². The van der Waals surface area contributed by atoms with Gasteiger partial charge in [0, 0.05) is 5.92 Å². The fourth-order valence-electron chi connectivity index (χ4n) is 4.34. The van der Waals surface area contributed by atoms with Crippen LogP contribution >= 0.6 is 11.3 Å². The Kier molecular flexibility index (Phi) is 8.59. The number of benzene rings is 1. The van der Waals surface area contributed by atoms with E-state index in [0.29, 0.717) is 16.3 Å². The fourth-order valence-corrected chi connectivity index (χ4v) is 5.40. The third kappa shape index (κ3) is 6.75. The Morgan fingerprint density at radius 2 is 1.92 bits per heavy atom. The molecule has 14 heteroatoms. The lowest BCUT2D eigenvalue weighted by Crippen LogP contribution is -2.39. The molecule has 0 radical (unpaired) electrons. The number of fused-ring (bicyclic) bond motifs is 1. The van der Waals surface area contributed by atoms with E-state index < -0.39 is 48.9 Å². The summed E-state index contributed by atoms with van der Waals surface area (Å²) in [6.07, 6.45) is -6.77. The molecule has 0 saturated heterocycles. The summed E-state index contributed by atoms with van der Waals surface area (Å²) in [4.78, 5) is 25.3. The molecule has 0 amide bonds. The summed E-state index contributed by atoms with van der Waals surface area (Å²) in [6, 6.07) is 5.88. The van der Waals surface area contributed by atoms with Crippen LogP contribution in [-0.4, -0.2) is 74.8 Å². The van der Waals surface area contributed by atoms with Crippen molar-refractivity contribution in [2.45, 2.75) is 57.7 Å². The molecule has 1 aliphatic carbocycles. The summed E-state index contributed by atoms with van der Waals surface area (Å²) in [5.41, 5.74) is 7.40. The molecule has 39 heavy (non-hydrogen) atoms. The Morgan fingerprint density at radius 1 is 1.21 bits per heavy atom. The molecule has 1 unspecified atom stereocenters. The standard InChI is InChI=1S/C25H31F3N6O4S/c1-11(2)18(29)23(37)38-9-13-8-15(20(36)19(13)35)32-21-17(22-33-14-6-4-5-7-16(14)39-22)12(3)31-24(34-21)30-10-25(26,27)28/h4-7,11,13,15,18-20,35-36H,8-10,29H2,1-3H3,(H2,30,31,32,34)/t13-,15?,18+,19-,20+/m1/s1. The van der Waals surface area contributed by atoms with Crippen LogP contribution in [0.25, 0.3) is 20.8 Å². The van der Waals surface area contributed by atoms with Crippen LogP contribution in [-0.2, 0) is 9.53 Å². The fraction of sp³-hybridized carbons (Fsp3) is 0.520. The highest BCUT2D eigenvalue weighted by atomic mass is 32.1. The van der Waals surface area contributed by atoms with Crippen LogP contribution in [0.3, 0.4) is 0 Å². The maximum absolute atomic E-state index is 12.8. The van der Waals surface area contributed by atoms with Gasteiger partial charge in [-0.3, -0.25) is 4.79 Å². The van der Waals surface area contributed by atoms with E-state index in [-0.39, 0.29) is 30.7 Å². The van der Waals surface area contributed by atoms with Crippen LogP contribution in [0.2, 0.25) is 0 Å². The van der Waals surface area contributed by atoms with E-state index >= 15 is 0 Å². The van der Waals surface area contributed by atoms with Crippen LogP contribution in [0.5, 0.6) is 0 Å². The average molecular weight is 569 g/mol. The highest BCUT2D eigenvalue weighted by Crippen LogP contribution is 2.38. The molecular formula is C25H31F3N6O4S. The second-order valence-electron chi connectivity index (χ2n) is 9.94. The van der Waals surface area contributed by atoms with Gasteiger partial charge in [0.1, 0.15) is 29.5 Å². The molecule has 3 aromatic rings. The first-order valence-electron chi connectivity index (χ1n) is 12.4. The minimum absolute atomic E-state index is 0.131. The zero-order valence-electron chi connectivity index (χ0n) is 21.6. The van der Waals surface area contributed by atoms with Crippen molar-refractivity contribution in [1.29, 1.82) is 0 Å². The number of hydrogen-bond acceptors (Lipinski definition) is 11. The van der Waals surface area contributed by atoms with E-state index in [4.69, 9.17) is 10.5 Å². The predicted molar refractivity (Wildman–Crippen MR) is 141 cm³/mol. The molecule has 6 N–H and O–H groups in total. The Balaban J connectivity index is 1.61. The Bertz CT molecular complexity index is 1290. The third-order valence-electron chi connectivity index (χ3n) is 6.60. The van der Waals surface area contributed by atoms with Crippen molar-refractivity contribution in [1.82, 2.24) is 15.0 Å². The SMILES string of the molecule is Cc1nc(NCC(F)(F)F)nc(NC2C[C@H](COC(=O)[C@@H](N)C(C)C)[C@@H](O)[C@H]2O)c1-c1nc2ccccc2s1. The molecule has 0 spiro atoms. The zero-order chi connectivity index (χ0) is 28.5. The summed E-state index contributed by atoms with van der Waals surface area (Å²) in [6.45, 7) is 3.72. The van der Waals surface area contributed by atoms with Gasteiger partial charge in [0.05, 0.1) is 40.2 Å². The third-order valence-corrected chi connectivity index (χ3v) is 7.65. The predicted octanol–water partition coefficient (Wildman–Crippen LogP) is 3.08. The number of nitrogens with zero attached hydrogens (tertiary/aromatic N) is 3. The molecule has 2 heterocycles. The van der Waals surface area contributed by atoms with Crippen molar-refractivity contribution in [2.75, 3.05) is 23.8 Å². The molecule has 4 rings (SSSR count). The van der Waals surface area contributed by atoms with E-state index in [1.807, 2.05) is 24.3 Å². The molecule has 5 atom stereocenters. The van der Waals surface area contributed by atoms with Crippen LogP contribution in [0, 0.1) is 18.8 Å². The maximum Gasteiger partial charge on any atom is 0.405 e. The lowest BCUT2D eigenvalue weighted by molar-refractivity contribution is -0.149. The summed E-state index contributed by atoms with van der Waals surface area (Å²) in [7, 11) is 0. The minimum atomic E-state index is -4.48. The van der Waals surface area contributed by atoms with E-state index in [1.54, 1.807) is 20.8 Å². The second kappa shape index (κ2) is 11.6. The lowest BCUT2D eigenvalue weighted by atomic mass is 10.1. The van der Waals surface area contributed by atoms with E-state index in [1.165, 1.54) is 11.3 Å². The lowest BCUT2D eigenvalue weighted by Gasteiger charge is -2.21. The van der Waals surface area contributed by atoms with E-state index in [9.17, 15) is 28.2 Å². The molecule has 1 saturated carbocycles. The van der Waals surface area contributed by atoms with Crippen LogP contribution < -0.4 is 16.4 Å². The Labute approximate surface area is 226 Å². The smallest absolute Gasteiger partial charge is 0.405 e. The van der Waals surface area contributed by atoms with Gasteiger partial charge in [0.2, 0.25) is 5.95 Å². The number of ether oxygens (including phenoxy) is 1. The molecule has 1 fully saturated rings. The van der Waals surface area contributed by atoms with Crippen molar-refractivity contribution < 1.29 is 32.9 Å². The number of hydrogen-bond donors (Lipinski definition) is 5. The number of aliphatic hydroxyl groups excluding tert-OH is 2. The Morgan fingerprint density at radius 3 is 2.59 bits per heavy atom. The number of esters is 1. The molecular weight excluding hydrogens is 537 g/mol. The first-order chi connectivity index (χ1) is 18.3. The van der Waals surface area contributed by atoms with Gasteiger partial charge < -0.3 is 31.3 Å². The van der Waals surface area contributed by atoms with Crippen LogP contribution in [0.4, 0.5) is 24.9 Å². The number of aromatic nitrogens is 3. The topological polar surface area (TPSA) is 156 Å². The highest BCUT2D eigenvalue weighted by Gasteiger charge is 2.43. The number of carbonyl (C=O) groups excluding carboxylic acids is 1. The van der Waals surface area contributed by atoms with Gasteiger partial charge in [-0.15, -0.1) is 11.3 Å². The quantitative estimate of drug-likeness (QED) is 0.243. The largest absolute Gasteiger partial charge is 0.464 e. The average Bonchev–Trinajstić information content (AvgIpc) is 3.41.